The fourth-order valence-electron chi connectivity index (χ4n) is 1.69. The fraction of sp³-hybridized carbons (Fsp3) is 0.600. The molecule has 0 aromatic rings. The number of hydrogen-bond donors (Lipinski definition) is 1. The topological polar surface area (TPSA) is 110 Å². The Morgan fingerprint density at radius 3 is 2.61 bits per heavy atom. The van der Waals surface area contributed by atoms with Crippen LogP contribution in [0.5, 0.6) is 0 Å². The Bertz CT molecular complexity index is 394. The van der Waals surface area contributed by atoms with E-state index in [9.17, 15) is 19.7 Å². The third-order valence-electron chi connectivity index (χ3n) is 2.64. The first kappa shape index (κ1) is 13.9. The molecule has 1 amide bonds. The molecule has 8 nitrogen and oxygen atoms in total. The van der Waals surface area contributed by atoms with Crippen LogP contribution in [0, 0.1) is 10.1 Å². The Hall–Kier alpha value is -2.12. The van der Waals surface area contributed by atoms with Crippen LogP contribution >= 0.6 is 0 Å². The van der Waals surface area contributed by atoms with Crippen LogP contribution < -0.4 is 0 Å². The Morgan fingerprint density at radius 1 is 1.56 bits per heavy atom. The largest absolute Gasteiger partial charge is 0.465 e. The number of carboxylic acid groups (broad SMARTS) is 1. The molecular formula is C10H14N2O6. The van der Waals surface area contributed by atoms with Crippen LogP contribution in [0.3, 0.4) is 0 Å². The van der Waals surface area contributed by atoms with Crippen LogP contribution in [0.4, 0.5) is 4.79 Å². The van der Waals surface area contributed by atoms with Crippen molar-refractivity contribution in [3.8, 4) is 0 Å². The number of carbonyl (C=O) groups excluding carboxylic acids is 1. The average molecular weight is 258 g/mol. The molecule has 0 aromatic heterocycles. The average Bonchev–Trinajstić information content (AvgIpc) is 2.28. The zero-order valence-corrected chi connectivity index (χ0v) is 9.87. The lowest BCUT2D eigenvalue weighted by molar-refractivity contribution is -0.551. The van der Waals surface area contributed by atoms with Gasteiger partial charge in [0.05, 0.1) is 6.42 Å². The van der Waals surface area contributed by atoms with Gasteiger partial charge in [-0.25, -0.2) is 14.5 Å². The van der Waals surface area contributed by atoms with Crippen LogP contribution in [-0.2, 0) is 9.53 Å². The molecule has 0 bridgehead atoms. The molecule has 1 aliphatic rings. The van der Waals surface area contributed by atoms with Gasteiger partial charge in [-0.1, -0.05) is 6.58 Å². The quantitative estimate of drug-likeness (QED) is 0.348. The van der Waals surface area contributed by atoms with Crippen molar-refractivity contribution in [2.24, 2.45) is 0 Å². The van der Waals surface area contributed by atoms with E-state index in [1.54, 1.807) is 0 Å². The minimum atomic E-state index is -1.38. The summed E-state index contributed by atoms with van der Waals surface area (Å²) in [6, 6.07) is 0. The van der Waals surface area contributed by atoms with E-state index >= 15 is 0 Å². The van der Waals surface area contributed by atoms with E-state index < -0.39 is 29.3 Å². The molecule has 8 heteroatoms. The third kappa shape index (κ3) is 3.19. The molecular weight excluding hydrogens is 244 g/mol. The van der Waals surface area contributed by atoms with Crippen molar-refractivity contribution in [1.29, 1.82) is 0 Å². The molecule has 0 aromatic carbocycles. The molecule has 0 spiro atoms. The number of ether oxygens (including phenoxy) is 1. The summed E-state index contributed by atoms with van der Waals surface area (Å²) in [5, 5.41) is 19.6. The van der Waals surface area contributed by atoms with E-state index in [0.717, 1.165) is 4.90 Å². The van der Waals surface area contributed by atoms with Crippen molar-refractivity contribution in [3.63, 3.8) is 0 Å². The van der Waals surface area contributed by atoms with Gasteiger partial charge in [0.1, 0.15) is 6.10 Å². The van der Waals surface area contributed by atoms with Gasteiger partial charge in [0.15, 0.2) is 0 Å². The first-order valence-corrected chi connectivity index (χ1v) is 5.32. The summed E-state index contributed by atoms with van der Waals surface area (Å²) < 4.78 is 5.00. The number of likely N-dealkylation sites (tertiary alicyclic amines) is 1. The summed E-state index contributed by atoms with van der Waals surface area (Å²) in [6.07, 6.45) is -3.27. The second-order valence-electron chi connectivity index (χ2n) is 4.07. The monoisotopic (exact) mass is 258 g/mol. The lowest BCUT2D eigenvalue weighted by Gasteiger charge is -2.31. The Kier molecular flexibility index (Phi) is 4.24. The zero-order valence-electron chi connectivity index (χ0n) is 9.87. The first-order chi connectivity index (χ1) is 8.32. The summed E-state index contributed by atoms with van der Waals surface area (Å²) in [5.41, 5.74) is 0.202. The highest BCUT2D eigenvalue weighted by atomic mass is 16.6. The Balaban J connectivity index is 2.69. The molecule has 1 fully saturated rings. The molecule has 100 valence electrons. The second kappa shape index (κ2) is 5.48. The van der Waals surface area contributed by atoms with Crippen molar-refractivity contribution in [2.75, 3.05) is 6.54 Å². The molecule has 1 saturated heterocycles. The third-order valence-corrected chi connectivity index (χ3v) is 2.64. The summed E-state index contributed by atoms with van der Waals surface area (Å²) in [6.45, 7) is 4.84. The second-order valence-corrected chi connectivity index (χ2v) is 4.07. The van der Waals surface area contributed by atoms with E-state index in [2.05, 4.69) is 6.58 Å². The van der Waals surface area contributed by atoms with E-state index in [1.165, 1.54) is 6.92 Å². The SMILES string of the molecule is C=C(C)C(=O)OC1CCN(C(=O)O)C([N+](=O)[O-])C1. The molecule has 2 unspecified atom stereocenters. The smallest absolute Gasteiger partial charge is 0.412 e. The number of piperidine rings is 1. The minimum Gasteiger partial charge on any atom is -0.465 e. The standard InChI is InChI=1S/C10H14N2O6/c1-6(2)9(13)18-7-3-4-11(10(14)15)8(5-7)12(16)17/h7-8H,1,3-5H2,2H3,(H,14,15). The van der Waals surface area contributed by atoms with Crippen molar-refractivity contribution in [1.82, 2.24) is 4.90 Å². The maximum atomic E-state index is 11.3. The molecule has 2 atom stereocenters. The van der Waals surface area contributed by atoms with Crippen molar-refractivity contribution < 1.29 is 24.4 Å². The van der Waals surface area contributed by atoms with Crippen LogP contribution in [-0.4, -0.2) is 45.8 Å². The zero-order chi connectivity index (χ0) is 13.9. The van der Waals surface area contributed by atoms with Gasteiger partial charge < -0.3 is 9.84 Å². The van der Waals surface area contributed by atoms with Gasteiger partial charge in [0, 0.05) is 23.5 Å². The highest BCUT2D eigenvalue weighted by Gasteiger charge is 2.40. The van der Waals surface area contributed by atoms with Gasteiger partial charge >= 0.3 is 12.1 Å². The minimum absolute atomic E-state index is 0.0326. The molecule has 0 saturated carbocycles. The highest BCUT2D eigenvalue weighted by Crippen LogP contribution is 2.21. The van der Waals surface area contributed by atoms with Crippen LogP contribution in [0.25, 0.3) is 0 Å². The maximum absolute atomic E-state index is 11.3. The molecule has 1 heterocycles. The predicted molar refractivity (Wildman–Crippen MR) is 59.4 cm³/mol. The van der Waals surface area contributed by atoms with Crippen molar-refractivity contribution in [2.45, 2.75) is 32.0 Å². The maximum Gasteiger partial charge on any atom is 0.412 e. The number of nitro groups is 1. The normalized spacial score (nSPS) is 23.3. The van der Waals surface area contributed by atoms with Gasteiger partial charge in [-0.15, -0.1) is 0 Å². The Labute approximate surface area is 103 Å². The fourth-order valence-corrected chi connectivity index (χ4v) is 1.69. The Morgan fingerprint density at radius 2 is 2.17 bits per heavy atom. The molecule has 18 heavy (non-hydrogen) atoms. The van der Waals surface area contributed by atoms with E-state index in [4.69, 9.17) is 9.84 Å². The number of nitrogens with zero attached hydrogens (tertiary/aromatic N) is 2. The molecule has 1 rings (SSSR count). The van der Waals surface area contributed by atoms with E-state index in [0.29, 0.717) is 0 Å². The summed E-state index contributed by atoms with van der Waals surface area (Å²) in [5.74, 6) is -0.620. The molecule has 1 aliphatic heterocycles. The van der Waals surface area contributed by atoms with E-state index in [1.807, 2.05) is 0 Å². The van der Waals surface area contributed by atoms with Crippen LogP contribution in [0.15, 0.2) is 12.2 Å². The molecule has 1 N–H and O–H groups in total. The van der Waals surface area contributed by atoms with Crippen molar-refractivity contribution in [3.05, 3.63) is 22.3 Å². The molecule has 0 aliphatic carbocycles. The summed E-state index contributed by atoms with van der Waals surface area (Å²) in [4.78, 5) is 32.9. The van der Waals surface area contributed by atoms with Gasteiger partial charge in [-0.05, 0) is 6.92 Å². The lowest BCUT2D eigenvalue weighted by atomic mass is 10.1. The van der Waals surface area contributed by atoms with Gasteiger partial charge in [-0.2, -0.15) is 0 Å². The predicted octanol–water partition coefficient (Wildman–Crippen LogP) is 0.851. The van der Waals surface area contributed by atoms with E-state index in [-0.39, 0.29) is 25.0 Å². The number of hydrogen-bond acceptors (Lipinski definition) is 5. The van der Waals surface area contributed by atoms with Gasteiger partial charge in [0.2, 0.25) is 0 Å². The van der Waals surface area contributed by atoms with Crippen LogP contribution in [0.1, 0.15) is 19.8 Å². The number of esters is 1. The number of amides is 1. The van der Waals surface area contributed by atoms with Crippen molar-refractivity contribution >= 4 is 12.1 Å². The highest BCUT2D eigenvalue weighted by molar-refractivity contribution is 5.87. The van der Waals surface area contributed by atoms with Crippen LogP contribution in [0.2, 0.25) is 0 Å². The van der Waals surface area contributed by atoms with Gasteiger partial charge in [-0.3, -0.25) is 10.1 Å². The lowest BCUT2D eigenvalue weighted by Crippen LogP contribution is -2.51. The van der Waals surface area contributed by atoms with Gasteiger partial charge in [0.25, 0.3) is 6.17 Å². The summed E-state index contributed by atoms with van der Waals surface area (Å²) in [7, 11) is 0. The molecule has 0 radical (unpaired) electrons. The summed E-state index contributed by atoms with van der Waals surface area (Å²) >= 11 is 0. The number of carbonyl (C=O) groups is 2. The first-order valence-electron chi connectivity index (χ1n) is 5.32. The number of rotatable bonds is 3.